The van der Waals surface area contributed by atoms with Crippen LogP contribution in [0.3, 0.4) is 0 Å². The summed E-state index contributed by atoms with van der Waals surface area (Å²) in [6.45, 7) is 0. The van der Waals surface area contributed by atoms with Crippen LogP contribution < -0.4 is 0 Å². The third-order valence-corrected chi connectivity index (χ3v) is 1.62. The Labute approximate surface area is 75.9 Å². The first-order valence-electron chi connectivity index (χ1n) is 3.49. The van der Waals surface area contributed by atoms with E-state index in [1.165, 1.54) is 0 Å². The second kappa shape index (κ2) is 6.62. The fraction of sp³-hybridized carbons (Fsp3) is 0.714. The molecule has 0 atom stereocenters. The van der Waals surface area contributed by atoms with Crippen molar-refractivity contribution in [3.05, 3.63) is 0 Å². The summed E-state index contributed by atoms with van der Waals surface area (Å²) < 4.78 is 0. The van der Waals surface area contributed by atoms with Crippen molar-refractivity contribution in [1.29, 1.82) is 0 Å². The summed E-state index contributed by atoms with van der Waals surface area (Å²) >= 11 is 10.2. The smallest absolute Gasteiger partial charge is 0.221 e. The predicted octanol–water partition coefficient (Wildman–Crippen LogP) is 2.47. The van der Waals surface area contributed by atoms with Crippen molar-refractivity contribution in [2.45, 2.75) is 32.1 Å². The number of carbonyl (C=O) groups excluding carboxylic acids is 2. The Balaban J connectivity index is 3.03. The molecule has 0 N–H and O–H groups in total. The van der Waals surface area contributed by atoms with Crippen LogP contribution in [0, 0.1) is 0 Å². The Morgan fingerprint density at radius 1 is 0.818 bits per heavy atom. The molecule has 0 aromatic heterocycles. The van der Waals surface area contributed by atoms with Crippen molar-refractivity contribution in [2.24, 2.45) is 0 Å². The fourth-order valence-electron chi connectivity index (χ4n) is 0.705. The lowest BCUT2D eigenvalue weighted by atomic mass is 10.2. The Kier molecular flexibility index (Phi) is 6.57. The first-order chi connectivity index (χ1) is 5.13. The molecule has 0 aromatic rings. The molecule has 0 unspecified atom stereocenters. The molecule has 0 amide bonds. The van der Waals surface area contributed by atoms with Gasteiger partial charge in [0.15, 0.2) is 0 Å². The zero-order valence-electron chi connectivity index (χ0n) is 6.11. The standard InChI is InChI=1S/C7H10Cl2O2/c8-6(10)4-2-1-3-5-7(9)11/h1-5H2. The molecule has 0 heterocycles. The van der Waals surface area contributed by atoms with E-state index in [9.17, 15) is 9.59 Å². The van der Waals surface area contributed by atoms with E-state index in [-0.39, 0.29) is 10.5 Å². The third-order valence-electron chi connectivity index (χ3n) is 1.25. The molecule has 0 fully saturated rings. The number of hydrogen-bond donors (Lipinski definition) is 0. The van der Waals surface area contributed by atoms with E-state index in [0.29, 0.717) is 12.8 Å². The van der Waals surface area contributed by atoms with Crippen LogP contribution in [0.25, 0.3) is 0 Å². The maximum atomic E-state index is 10.2. The van der Waals surface area contributed by atoms with Crippen molar-refractivity contribution in [1.82, 2.24) is 0 Å². The van der Waals surface area contributed by atoms with Gasteiger partial charge >= 0.3 is 0 Å². The number of hydrogen-bond acceptors (Lipinski definition) is 2. The van der Waals surface area contributed by atoms with Gasteiger partial charge in [-0.15, -0.1) is 0 Å². The van der Waals surface area contributed by atoms with E-state index in [0.717, 1.165) is 19.3 Å². The molecule has 0 aliphatic carbocycles. The number of halogens is 2. The monoisotopic (exact) mass is 196 g/mol. The average molecular weight is 197 g/mol. The summed E-state index contributed by atoms with van der Waals surface area (Å²) in [5.74, 6) is 0. The van der Waals surface area contributed by atoms with Gasteiger partial charge in [-0.3, -0.25) is 9.59 Å². The van der Waals surface area contributed by atoms with E-state index < -0.39 is 0 Å². The Morgan fingerprint density at radius 2 is 1.18 bits per heavy atom. The number of unbranched alkanes of at least 4 members (excludes halogenated alkanes) is 2. The van der Waals surface area contributed by atoms with E-state index in [1.807, 2.05) is 0 Å². The maximum absolute atomic E-state index is 10.2. The molecule has 0 radical (unpaired) electrons. The van der Waals surface area contributed by atoms with Gasteiger partial charge in [0.25, 0.3) is 0 Å². The van der Waals surface area contributed by atoms with Gasteiger partial charge in [0.05, 0.1) is 0 Å². The molecule has 0 spiro atoms. The highest BCUT2D eigenvalue weighted by atomic mass is 35.5. The first-order valence-corrected chi connectivity index (χ1v) is 4.25. The van der Waals surface area contributed by atoms with Crippen molar-refractivity contribution < 1.29 is 9.59 Å². The van der Waals surface area contributed by atoms with Gasteiger partial charge < -0.3 is 0 Å². The fourth-order valence-corrected chi connectivity index (χ4v) is 0.972. The minimum atomic E-state index is -0.317. The normalized spacial score (nSPS) is 9.64. The summed E-state index contributed by atoms with van der Waals surface area (Å²) in [6.07, 6.45) is 3.09. The zero-order chi connectivity index (χ0) is 8.69. The minimum Gasteiger partial charge on any atom is -0.281 e. The van der Waals surface area contributed by atoms with Crippen LogP contribution in [0.2, 0.25) is 0 Å². The summed E-state index contributed by atoms with van der Waals surface area (Å²) in [4.78, 5) is 20.4. The molecule has 11 heavy (non-hydrogen) atoms. The summed E-state index contributed by atoms with van der Waals surface area (Å²) in [5.41, 5.74) is 0. The van der Waals surface area contributed by atoms with Crippen molar-refractivity contribution in [3.8, 4) is 0 Å². The second-order valence-corrected chi connectivity index (χ2v) is 3.11. The van der Waals surface area contributed by atoms with E-state index in [4.69, 9.17) is 23.2 Å². The van der Waals surface area contributed by atoms with Crippen LogP contribution in [-0.2, 0) is 9.59 Å². The van der Waals surface area contributed by atoms with Crippen LogP contribution in [-0.4, -0.2) is 10.5 Å². The molecule has 64 valence electrons. The average Bonchev–Trinajstić information content (AvgIpc) is 1.85. The highest BCUT2D eigenvalue weighted by Crippen LogP contribution is 2.05. The molecule has 0 saturated carbocycles. The number of carbonyl (C=O) groups is 2. The highest BCUT2D eigenvalue weighted by molar-refractivity contribution is 6.63. The van der Waals surface area contributed by atoms with E-state index in [1.54, 1.807) is 0 Å². The third kappa shape index (κ3) is 9.92. The Hall–Kier alpha value is -0.0800. The molecule has 0 aliphatic rings. The molecule has 2 nitrogen and oxygen atoms in total. The summed E-state index contributed by atoms with van der Waals surface area (Å²) in [6, 6.07) is 0. The largest absolute Gasteiger partial charge is 0.281 e. The second-order valence-electron chi connectivity index (χ2n) is 2.27. The predicted molar refractivity (Wildman–Crippen MR) is 44.8 cm³/mol. The topological polar surface area (TPSA) is 34.1 Å². The van der Waals surface area contributed by atoms with Crippen molar-refractivity contribution in [2.75, 3.05) is 0 Å². The molecule has 0 rings (SSSR count). The SMILES string of the molecule is O=C(Cl)CCCCCC(=O)Cl. The quantitative estimate of drug-likeness (QED) is 0.484. The molecule has 0 saturated heterocycles. The molecular formula is C7H10Cl2O2. The molecule has 0 aromatic carbocycles. The molecule has 0 bridgehead atoms. The van der Waals surface area contributed by atoms with E-state index >= 15 is 0 Å². The van der Waals surface area contributed by atoms with Gasteiger partial charge in [0.2, 0.25) is 10.5 Å². The highest BCUT2D eigenvalue weighted by Gasteiger charge is 1.98. The van der Waals surface area contributed by atoms with Crippen LogP contribution >= 0.6 is 23.2 Å². The lowest BCUT2D eigenvalue weighted by Gasteiger charge is -1.94. The van der Waals surface area contributed by atoms with Gasteiger partial charge in [-0.05, 0) is 36.0 Å². The van der Waals surface area contributed by atoms with Gasteiger partial charge in [-0.25, -0.2) is 0 Å². The number of rotatable bonds is 6. The molecular weight excluding hydrogens is 187 g/mol. The van der Waals surface area contributed by atoms with Crippen LogP contribution in [0.5, 0.6) is 0 Å². The molecule has 0 aliphatic heterocycles. The maximum Gasteiger partial charge on any atom is 0.221 e. The Bertz CT molecular complexity index is 129. The van der Waals surface area contributed by atoms with Gasteiger partial charge in [-0.1, -0.05) is 6.42 Å². The van der Waals surface area contributed by atoms with Crippen molar-refractivity contribution >= 4 is 33.7 Å². The van der Waals surface area contributed by atoms with E-state index in [2.05, 4.69) is 0 Å². The Morgan fingerprint density at radius 3 is 1.45 bits per heavy atom. The van der Waals surface area contributed by atoms with Crippen LogP contribution in [0.1, 0.15) is 32.1 Å². The van der Waals surface area contributed by atoms with Crippen LogP contribution in [0.4, 0.5) is 0 Å². The zero-order valence-corrected chi connectivity index (χ0v) is 7.62. The lowest BCUT2D eigenvalue weighted by Crippen LogP contribution is -1.89. The summed E-state index contributed by atoms with van der Waals surface area (Å²) in [5, 5.41) is -0.635. The summed E-state index contributed by atoms with van der Waals surface area (Å²) in [7, 11) is 0. The molecule has 4 heteroatoms. The minimum absolute atomic E-state index is 0.317. The lowest BCUT2D eigenvalue weighted by molar-refractivity contribution is -0.112. The first kappa shape index (κ1) is 10.9. The van der Waals surface area contributed by atoms with Crippen molar-refractivity contribution in [3.63, 3.8) is 0 Å². The van der Waals surface area contributed by atoms with Gasteiger partial charge in [0.1, 0.15) is 0 Å². The van der Waals surface area contributed by atoms with Crippen LogP contribution in [0.15, 0.2) is 0 Å². The van der Waals surface area contributed by atoms with Gasteiger partial charge in [0, 0.05) is 12.8 Å². The van der Waals surface area contributed by atoms with Gasteiger partial charge in [-0.2, -0.15) is 0 Å².